The van der Waals surface area contributed by atoms with E-state index in [0.29, 0.717) is 28.6 Å². The molecule has 0 fully saturated rings. The number of hydrogen-bond acceptors (Lipinski definition) is 6. The molecule has 1 heterocycles. The molecule has 0 atom stereocenters. The van der Waals surface area contributed by atoms with Gasteiger partial charge in [-0.1, -0.05) is 29.8 Å². The van der Waals surface area contributed by atoms with Crippen molar-refractivity contribution in [3.8, 4) is 22.8 Å². The van der Waals surface area contributed by atoms with Crippen molar-refractivity contribution in [2.24, 2.45) is 0 Å². The second-order valence-corrected chi connectivity index (χ2v) is 7.42. The summed E-state index contributed by atoms with van der Waals surface area (Å²) in [7, 11) is 3.13. The third kappa shape index (κ3) is 5.46. The van der Waals surface area contributed by atoms with Gasteiger partial charge in [0, 0.05) is 46.8 Å². The number of nitrogens with zero attached hydrogens (tertiary/aromatic N) is 2. The van der Waals surface area contributed by atoms with Gasteiger partial charge in [0.1, 0.15) is 23.6 Å². The van der Waals surface area contributed by atoms with Gasteiger partial charge in [-0.15, -0.1) is 0 Å². The van der Waals surface area contributed by atoms with Crippen LogP contribution < -0.4 is 20.1 Å². The van der Waals surface area contributed by atoms with E-state index in [-0.39, 0.29) is 5.91 Å². The lowest BCUT2D eigenvalue weighted by Gasteiger charge is -2.11. The number of carbonyl (C=O) groups is 1. The number of nitrogens with one attached hydrogen (secondary N) is 2. The van der Waals surface area contributed by atoms with E-state index in [4.69, 9.17) is 9.47 Å². The molecule has 0 aliphatic heterocycles. The first-order valence-corrected chi connectivity index (χ1v) is 10.3. The Kier molecular flexibility index (Phi) is 6.50. The van der Waals surface area contributed by atoms with Gasteiger partial charge in [0.05, 0.1) is 19.9 Å². The number of rotatable bonds is 7. The molecule has 2 N–H and O–H groups in total. The molecule has 0 radical (unpaired) electrons. The molecule has 4 aromatic rings. The number of hydrogen-bond donors (Lipinski definition) is 2. The number of aromatic nitrogens is 2. The fraction of sp³-hybridized carbons (Fsp3) is 0.115. The van der Waals surface area contributed by atoms with Crippen LogP contribution in [0.2, 0.25) is 0 Å². The van der Waals surface area contributed by atoms with Crippen molar-refractivity contribution in [3.63, 3.8) is 0 Å². The van der Waals surface area contributed by atoms with Crippen LogP contribution in [0.4, 0.5) is 17.2 Å². The molecule has 0 aliphatic carbocycles. The van der Waals surface area contributed by atoms with Gasteiger partial charge in [-0.25, -0.2) is 9.97 Å². The Labute approximate surface area is 192 Å². The van der Waals surface area contributed by atoms with Gasteiger partial charge in [0.2, 0.25) is 0 Å². The zero-order valence-corrected chi connectivity index (χ0v) is 18.6. The molecule has 0 unspecified atom stereocenters. The SMILES string of the molecule is COc1cc(NC(=O)c2cccc(Nc3cc(-c4cccc(C)c4)ncn3)c2)cc(OC)c1. The molecule has 0 spiro atoms. The molecule has 0 aliphatic rings. The van der Waals surface area contributed by atoms with E-state index in [1.165, 1.54) is 6.33 Å². The first kappa shape index (κ1) is 21.8. The van der Waals surface area contributed by atoms with E-state index in [1.54, 1.807) is 44.6 Å². The number of ether oxygens (including phenoxy) is 2. The molecular weight excluding hydrogens is 416 g/mol. The number of carbonyl (C=O) groups excluding carboxylic acids is 1. The maximum atomic E-state index is 12.8. The summed E-state index contributed by atoms with van der Waals surface area (Å²) in [5.74, 6) is 1.56. The van der Waals surface area contributed by atoms with E-state index in [9.17, 15) is 4.79 Å². The van der Waals surface area contributed by atoms with Crippen molar-refractivity contribution >= 4 is 23.1 Å². The van der Waals surface area contributed by atoms with Crippen LogP contribution in [-0.4, -0.2) is 30.1 Å². The summed E-state index contributed by atoms with van der Waals surface area (Å²) in [6.07, 6.45) is 1.52. The summed E-state index contributed by atoms with van der Waals surface area (Å²) in [5, 5.41) is 6.14. The van der Waals surface area contributed by atoms with Crippen molar-refractivity contribution < 1.29 is 14.3 Å². The predicted octanol–water partition coefficient (Wildman–Crippen LogP) is 5.47. The molecule has 0 saturated heterocycles. The zero-order chi connectivity index (χ0) is 23.2. The highest BCUT2D eigenvalue weighted by Crippen LogP contribution is 2.27. The number of amides is 1. The highest BCUT2D eigenvalue weighted by atomic mass is 16.5. The maximum absolute atomic E-state index is 12.8. The Morgan fingerprint density at radius 3 is 2.30 bits per heavy atom. The van der Waals surface area contributed by atoms with Crippen molar-refractivity contribution in [1.82, 2.24) is 9.97 Å². The Hall–Kier alpha value is -4.39. The standard InChI is InChI=1S/C26H24N4O3/c1-17-6-4-7-18(10-17)24-15-25(28-16-27-24)29-20-9-5-8-19(11-20)26(31)30-21-12-22(32-2)14-23(13-21)33-3/h4-16H,1-3H3,(H,30,31)(H,27,28,29). The largest absolute Gasteiger partial charge is 0.497 e. The van der Waals surface area contributed by atoms with Crippen LogP contribution in [0.15, 0.2) is 79.1 Å². The van der Waals surface area contributed by atoms with Gasteiger partial charge >= 0.3 is 0 Å². The summed E-state index contributed by atoms with van der Waals surface area (Å²) in [6, 6.07) is 22.4. The Balaban J connectivity index is 1.52. The highest BCUT2D eigenvalue weighted by Gasteiger charge is 2.10. The summed E-state index contributed by atoms with van der Waals surface area (Å²) >= 11 is 0. The molecular formula is C26H24N4O3. The average molecular weight is 441 g/mol. The van der Waals surface area contributed by atoms with Gasteiger partial charge in [-0.3, -0.25) is 4.79 Å². The van der Waals surface area contributed by atoms with E-state index >= 15 is 0 Å². The lowest BCUT2D eigenvalue weighted by molar-refractivity contribution is 0.102. The number of aryl methyl sites for hydroxylation is 1. The van der Waals surface area contributed by atoms with E-state index in [1.807, 2.05) is 43.3 Å². The third-order valence-electron chi connectivity index (χ3n) is 4.99. The van der Waals surface area contributed by atoms with E-state index in [2.05, 4.69) is 26.7 Å². The first-order valence-electron chi connectivity index (χ1n) is 10.3. The topological polar surface area (TPSA) is 85.4 Å². The minimum atomic E-state index is -0.253. The number of benzene rings is 3. The van der Waals surface area contributed by atoms with E-state index < -0.39 is 0 Å². The van der Waals surface area contributed by atoms with Crippen LogP contribution in [0.5, 0.6) is 11.5 Å². The molecule has 33 heavy (non-hydrogen) atoms. The zero-order valence-electron chi connectivity index (χ0n) is 18.6. The minimum absolute atomic E-state index is 0.253. The molecule has 0 saturated carbocycles. The summed E-state index contributed by atoms with van der Waals surface area (Å²) in [4.78, 5) is 21.5. The first-order chi connectivity index (χ1) is 16.0. The van der Waals surface area contributed by atoms with Gasteiger partial charge in [0.25, 0.3) is 5.91 Å². The molecule has 1 aromatic heterocycles. The molecule has 3 aromatic carbocycles. The van der Waals surface area contributed by atoms with Gasteiger partial charge in [-0.05, 0) is 31.2 Å². The summed E-state index contributed by atoms with van der Waals surface area (Å²) in [6.45, 7) is 2.04. The maximum Gasteiger partial charge on any atom is 0.255 e. The Morgan fingerprint density at radius 2 is 1.58 bits per heavy atom. The van der Waals surface area contributed by atoms with Crippen LogP contribution in [0.25, 0.3) is 11.3 Å². The predicted molar refractivity (Wildman–Crippen MR) is 129 cm³/mol. The molecule has 0 bridgehead atoms. The lowest BCUT2D eigenvalue weighted by atomic mass is 10.1. The van der Waals surface area contributed by atoms with Crippen LogP contribution in [0.3, 0.4) is 0 Å². The molecule has 4 rings (SSSR count). The number of anilines is 3. The second-order valence-electron chi connectivity index (χ2n) is 7.42. The average Bonchev–Trinajstić information content (AvgIpc) is 2.84. The van der Waals surface area contributed by atoms with Crippen LogP contribution >= 0.6 is 0 Å². The lowest BCUT2D eigenvalue weighted by Crippen LogP contribution is -2.12. The van der Waals surface area contributed by atoms with Crippen LogP contribution in [-0.2, 0) is 0 Å². The smallest absolute Gasteiger partial charge is 0.255 e. The van der Waals surface area contributed by atoms with Crippen LogP contribution in [0.1, 0.15) is 15.9 Å². The third-order valence-corrected chi connectivity index (χ3v) is 4.99. The molecule has 7 heteroatoms. The molecule has 7 nitrogen and oxygen atoms in total. The van der Waals surface area contributed by atoms with E-state index in [0.717, 1.165) is 22.5 Å². The quantitative estimate of drug-likeness (QED) is 0.397. The summed E-state index contributed by atoms with van der Waals surface area (Å²) < 4.78 is 10.5. The minimum Gasteiger partial charge on any atom is -0.497 e. The monoisotopic (exact) mass is 440 g/mol. The normalized spacial score (nSPS) is 10.4. The van der Waals surface area contributed by atoms with Crippen molar-refractivity contribution in [2.45, 2.75) is 6.92 Å². The Bertz CT molecular complexity index is 1270. The van der Waals surface area contributed by atoms with Crippen LogP contribution in [0, 0.1) is 6.92 Å². The van der Waals surface area contributed by atoms with Crippen molar-refractivity contribution in [1.29, 1.82) is 0 Å². The molecule has 1 amide bonds. The van der Waals surface area contributed by atoms with Crippen molar-refractivity contribution in [2.75, 3.05) is 24.9 Å². The summed E-state index contributed by atoms with van der Waals surface area (Å²) in [5.41, 5.74) is 4.80. The molecule has 166 valence electrons. The highest BCUT2D eigenvalue weighted by molar-refractivity contribution is 6.05. The second kappa shape index (κ2) is 9.82. The van der Waals surface area contributed by atoms with Gasteiger partial charge in [-0.2, -0.15) is 0 Å². The van der Waals surface area contributed by atoms with Gasteiger partial charge < -0.3 is 20.1 Å². The van der Waals surface area contributed by atoms with Crippen molar-refractivity contribution in [3.05, 3.63) is 90.3 Å². The fourth-order valence-corrected chi connectivity index (χ4v) is 3.36. The number of methoxy groups -OCH3 is 2. The Morgan fingerprint density at radius 1 is 0.818 bits per heavy atom. The fourth-order valence-electron chi connectivity index (χ4n) is 3.36. The van der Waals surface area contributed by atoms with Gasteiger partial charge in [0.15, 0.2) is 0 Å².